The van der Waals surface area contributed by atoms with Crippen molar-refractivity contribution in [2.45, 2.75) is 38.3 Å². The summed E-state index contributed by atoms with van der Waals surface area (Å²) in [6.45, 7) is 6.46. The average molecular weight is 400 g/mol. The molecule has 2 bridgehead atoms. The molecular weight excluding hydrogens is 374 g/mol. The molecule has 3 fully saturated rings. The van der Waals surface area contributed by atoms with Crippen molar-refractivity contribution in [1.29, 1.82) is 0 Å². The first-order valence-electron chi connectivity index (χ1n) is 10.1. The fourth-order valence-corrected chi connectivity index (χ4v) is 4.92. The van der Waals surface area contributed by atoms with E-state index in [0.717, 1.165) is 32.5 Å². The molecule has 5 rings (SSSR count). The number of carbonyl (C=O) groups is 1. The van der Waals surface area contributed by atoms with Crippen molar-refractivity contribution in [1.82, 2.24) is 9.80 Å². The van der Waals surface area contributed by atoms with Gasteiger partial charge in [0, 0.05) is 12.1 Å². The average Bonchev–Trinajstić information content (AvgIpc) is 2.69. The quantitative estimate of drug-likeness (QED) is 0.791. The van der Waals surface area contributed by atoms with Crippen LogP contribution in [0.2, 0.25) is 0 Å². The van der Waals surface area contributed by atoms with E-state index in [2.05, 4.69) is 4.90 Å². The summed E-state index contributed by atoms with van der Waals surface area (Å²) in [5.74, 6) is -0.471. The Kier molecular flexibility index (Phi) is 5.07. The van der Waals surface area contributed by atoms with E-state index in [1.165, 1.54) is 35.2 Å². The van der Waals surface area contributed by atoms with Crippen LogP contribution in [0.15, 0.2) is 42.5 Å². The smallest absolute Gasteiger partial charge is 0.408 e. The van der Waals surface area contributed by atoms with Gasteiger partial charge < -0.3 is 10.0 Å². The van der Waals surface area contributed by atoms with Gasteiger partial charge in [0.05, 0.1) is 11.6 Å². The first kappa shape index (κ1) is 19.8. The Hall–Kier alpha value is -2.47. The van der Waals surface area contributed by atoms with Gasteiger partial charge in [0.2, 0.25) is 0 Å². The second-order valence-corrected chi connectivity index (χ2v) is 8.62. The maximum absolute atomic E-state index is 15.0. The molecule has 3 aliphatic heterocycles. The van der Waals surface area contributed by atoms with Crippen LogP contribution in [-0.2, 0) is 5.54 Å². The zero-order valence-electron chi connectivity index (χ0n) is 16.7. The van der Waals surface area contributed by atoms with Gasteiger partial charge in [-0.1, -0.05) is 24.3 Å². The van der Waals surface area contributed by atoms with Crippen LogP contribution in [0.3, 0.4) is 0 Å². The number of hydrogen-bond acceptors (Lipinski definition) is 2. The number of rotatable bonds is 4. The highest BCUT2D eigenvalue weighted by molar-refractivity contribution is 5.68. The summed E-state index contributed by atoms with van der Waals surface area (Å²) < 4.78 is 28.1. The standard InChI is InChI=1S/C23H26F2N2O2/c1-23(2,27(22(28)29)21-14-26-11-9-16(21)10-12-26)17-5-8-19(20(25)13-17)15-3-6-18(24)7-4-15/h3-8,13,16,21H,9-12,14H2,1-2H3,(H,28,29). The lowest BCUT2D eigenvalue weighted by molar-refractivity contribution is -0.0290. The molecule has 1 amide bonds. The van der Waals surface area contributed by atoms with Crippen molar-refractivity contribution < 1.29 is 18.7 Å². The Balaban J connectivity index is 1.67. The number of hydrogen-bond donors (Lipinski definition) is 1. The summed E-state index contributed by atoms with van der Waals surface area (Å²) in [5.41, 5.74) is 0.687. The van der Waals surface area contributed by atoms with Gasteiger partial charge in [-0.05, 0) is 75.0 Å². The summed E-state index contributed by atoms with van der Waals surface area (Å²) in [6.07, 6.45) is 1.03. The largest absolute Gasteiger partial charge is 0.465 e. The van der Waals surface area contributed by atoms with Crippen LogP contribution >= 0.6 is 0 Å². The molecule has 29 heavy (non-hydrogen) atoms. The lowest BCUT2D eigenvalue weighted by Gasteiger charge is -2.52. The van der Waals surface area contributed by atoms with Gasteiger partial charge >= 0.3 is 6.09 Å². The minimum absolute atomic E-state index is 0.0927. The second-order valence-electron chi connectivity index (χ2n) is 8.62. The van der Waals surface area contributed by atoms with E-state index in [9.17, 15) is 18.7 Å². The third-order valence-corrected chi connectivity index (χ3v) is 6.59. The molecule has 3 saturated heterocycles. The molecule has 2 aromatic carbocycles. The lowest BCUT2D eigenvalue weighted by atomic mass is 9.80. The highest BCUT2D eigenvalue weighted by Gasteiger charge is 2.45. The fraction of sp³-hybridized carbons (Fsp3) is 0.435. The first-order valence-corrected chi connectivity index (χ1v) is 10.1. The molecule has 0 aliphatic carbocycles. The van der Waals surface area contributed by atoms with Gasteiger partial charge in [-0.15, -0.1) is 0 Å². The molecular formula is C23H26F2N2O2. The zero-order valence-corrected chi connectivity index (χ0v) is 16.7. The van der Waals surface area contributed by atoms with Crippen LogP contribution in [0.1, 0.15) is 32.3 Å². The fourth-order valence-electron chi connectivity index (χ4n) is 4.92. The van der Waals surface area contributed by atoms with E-state index in [0.29, 0.717) is 22.6 Å². The summed E-state index contributed by atoms with van der Waals surface area (Å²) in [4.78, 5) is 16.1. The maximum Gasteiger partial charge on any atom is 0.408 e. The van der Waals surface area contributed by atoms with Crippen molar-refractivity contribution in [3.63, 3.8) is 0 Å². The number of piperidine rings is 3. The Morgan fingerprint density at radius 2 is 1.76 bits per heavy atom. The molecule has 0 spiro atoms. The van der Waals surface area contributed by atoms with E-state index in [-0.39, 0.29) is 11.9 Å². The van der Waals surface area contributed by atoms with Crippen LogP contribution in [-0.4, -0.2) is 46.7 Å². The summed E-state index contributed by atoms with van der Waals surface area (Å²) in [5, 5.41) is 10.1. The summed E-state index contributed by atoms with van der Waals surface area (Å²) in [6, 6.07) is 10.4. The van der Waals surface area contributed by atoms with Crippen molar-refractivity contribution in [3.05, 3.63) is 59.7 Å². The van der Waals surface area contributed by atoms with Crippen LogP contribution in [0.4, 0.5) is 13.6 Å². The van der Waals surface area contributed by atoms with E-state index < -0.39 is 17.4 Å². The molecule has 3 aliphatic rings. The van der Waals surface area contributed by atoms with Gasteiger partial charge in [0.25, 0.3) is 0 Å². The molecule has 0 saturated carbocycles. The van der Waals surface area contributed by atoms with Gasteiger partial charge in [-0.2, -0.15) is 0 Å². The van der Waals surface area contributed by atoms with Crippen LogP contribution in [0.25, 0.3) is 11.1 Å². The molecule has 1 N–H and O–H groups in total. The molecule has 1 atom stereocenters. The third-order valence-electron chi connectivity index (χ3n) is 6.59. The number of halogens is 2. The molecule has 3 heterocycles. The van der Waals surface area contributed by atoms with Crippen molar-refractivity contribution in [2.24, 2.45) is 5.92 Å². The number of nitrogens with zero attached hydrogens (tertiary/aromatic N) is 2. The number of amides is 1. The van der Waals surface area contributed by atoms with Crippen LogP contribution in [0, 0.1) is 17.6 Å². The van der Waals surface area contributed by atoms with Crippen molar-refractivity contribution in [2.75, 3.05) is 19.6 Å². The van der Waals surface area contributed by atoms with Gasteiger partial charge in [-0.25, -0.2) is 13.6 Å². The minimum atomic E-state index is -0.975. The number of fused-ring (bicyclic) bond motifs is 3. The Bertz CT molecular complexity index is 906. The highest BCUT2D eigenvalue weighted by Crippen LogP contribution is 2.39. The lowest BCUT2D eigenvalue weighted by Crippen LogP contribution is -2.62. The molecule has 6 heteroatoms. The van der Waals surface area contributed by atoms with E-state index >= 15 is 0 Å². The molecule has 154 valence electrons. The predicted molar refractivity (Wildman–Crippen MR) is 108 cm³/mol. The zero-order chi connectivity index (χ0) is 20.8. The third kappa shape index (κ3) is 3.62. The van der Waals surface area contributed by atoms with Crippen molar-refractivity contribution >= 4 is 6.09 Å². The summed E-state index contributed by atoms with van der Waals surface area (Å²) >= 11 is 0. The molecule has 1 unspecified atom stereocenters. The monoisotopic (exact) mass is 400 g/mol. The highest BCUT2D eigenvalue weighted by atomic mass is 19.1. The normalized spacial score (nSPS) is 23.8. The molecule has 0 aromatic heterocycles. The van der Waals surface area contributed by atoms with Gasteiger partial charge in [0.1, 0.15) is 11.6 Å². The van der Waals surface area contributed by atoms with E-state index in [4.69, 9.17) is 0 Å². The van der Waals surface area contributed by atoms with Crippen LogP contribution < -0.4 is 0 Å². The topological polar surface area (TPSA) is 43.8 Å². The first-order chi connectivity index (χ1) is 13.8. The number of benzene rings is 2. The summed E-state index contributed by atoms with van der Waals surface area (Å²) in [7, 11) is 0. The number of carboxylic acid groups (broad SMARTS) is 1. The minimum Gasteiger partial charge on any atom is -0.465 e. The molecule has 2 aromatic rings. The maximum atomic E-state index is 15.0. The van der Waals surface area contributed by atoms with Gasteiger partial charge in [0.15, 0.2) is 0 Å². The van der Waals surface area contributed by atoms with Crippen molar-refractivity contribution in [3.8, 4) is 11.1 Å². The Labute approximate surface area is 169 Å². The van der Waals surface area contributed by atoms with Gasteiger partial charge in [-0.3, -0.25) is 4.90 Å². The Morgan fingerprint density at radius 3 is 2.28 bits per heavy atom. The predicted octanol–water partition coefficient (Wildman–Crippen LogP) is 4.94. The SMILES string of the molecule is CC(C)(c1ccc(-c2ccc(F)cc2)c(F)c1)N(C(=O)O)C1CN2CCC1CC2. The Morgan fingerprint density at radius 1 is 1.10 bits per heavy atom. The van der Waals surface area contributed by atoms with Crippen LogP contribution in [0.5, 0.6) is 0 Å². The van der Waals surface area contributed by atoms with E-state index in [1.54, 1.807) is 12.1 Å². The molecule has 0 radical (unpaired) electrons. The molecule has 4 nitrogen and oxygen atoms in total. The van der Waals surface area contributed by atoms with E-state index in [1.807, 2.05) is 13.8 Å². The second kappa shape index (κ2) is 7.41.